The van der Waals surface area contributed by atoms with Crippen molar-refractivity contribution in [2.45, 2.75) is 24.4 Å². The Hall–Kier alpha value is -1.34. The third kappa shape index (κ3) is 2.06. The number of sulfonamides is 1. The number of carboxylic acid groups (broad SMARTS) is 1. The van der Waals surface area contributed by atoms with Crippen LogP contribution in [0.2, 0.25) is 0 Å². The molecule has 2 atom stereocenters. The molecule has 19 heavy (non-hydrogen) atoms. The van der Waals surface area contributed by atoms with E-state index in [9.17, 15) is 13.2 Å². The van der Waals surface area contributed by atoms with E-state index in [1.807, 2.05) is 0 Å². The summed E-state index contributed by atoms with van der Waals surface area (Å²) in [5, 5.41) is 8.49. The lowest BCUT2D eigenvalue weighted by atomic mass is 10.0. The molecular formula is C12H15NO5S. The molecule has 1 aliphatic carbocycles. The molecule has 0 bridgehead atoms. The average Bonchev–Trinajstić information content (AvgIpc) is 3.04. The molecule has 0 amide bonds. The molecule has 3 rings (SSSR count). The Labute approximate surface area is 111 Å². The smallest absolute Gasteiger partial charge is 0.371 e. The molecule has 7 heteroatoms. The first-order valence-corrected chi connectivity index (χ1v) is 7.76. The van der Waals surface area contributed by atoms with Gasteiger partial charge in [0.1, 0.15) is 0 Å². The van der Waals surface area contributed by atoms with Crippen LogP contribution in [0.3, 0.4) is 0 Å². The monoisotopic (exact) mass is 285 g/mol. The van der Waals surface area contributed by atoms with Crippen LogP contribution >= 0.6 is 0 Å². The normalized spacial score (nSPS) is 27.6. The fourth-order valence-electron chi connectivity index (χ4n) is 3.09. The summed E-state index contributed by atoms with van der Waals surface area (Å²) in [5.41, 5.74) is 0. The molecule has 104 valence electrons. The van der Waals surface area contributed by atoms with Crippen LogP contribution in [0, 0.1) is 11.8 Å². The van der Waals surface area contributed by atoms with Crippen molar-refractivity contribution in [3.05, 3.63) is 17.9 Å². The summed E-state index contributed by atoms with van der Waals surface area (Å²) in [6, 6.07) is 2.39. The van der Waals surface area contributed by atoms with Gasteiger partial charge in [-0.15, -0.1) is 0 Å². The van der Waals surface area contributed by atoms with Crippen LogP contribution in [-0.2, 0) is 10.0 Å². The topological polar surface area (TPSA) is 87.8 Å². The fraction of sp³-hybridized carbons (Fsp3) is 0.583. The van der Waals surface area contributed by atoms with Gasteiger partial charge < -0.3 is 9.52 Å². The Morgan fingerprint density at radius 1 is 1.26 bits per heavy atom. The molecule has 2 unspecified atom stereocenters. The number of fused-ring (bicyclic) bond motifs is 1. The number of carboxylic acids is 1. The van der Waals surface area contributed by atoms with Crippen LogP contribution in [0.15, 0.2) is 21.6 Å². The minimum Gasteiger partial charge on any atom is -0.475 e. The van der Waals surface area contributed by atoms with Gasteiger partial charge in [-0.1, -0.05) is 6.42 Å². The Morgan fingerprint density at radius 2 is 1.89 bits per heavy atom. The average molecular weight is 285 g/mol. The number of carbonyl (C=O) groups is 1. The van der Waals surface area contributed by atoms with Gasteiger partial charge in [0.25, 0.3) is 10.0 Å². The minimum absolute atomic E-state index is 0.273. The number of nitrogens with zero attached hydrogens (tertiary/aromatic N) is 1. The van der Waals surface area contributed by atoms with Gasteiger partial charge in [0.15, 0.2) is 0 Å². The first kappa shape index (κ1) is 12.7. The third-order valence-electron chi connectivity index (χ3n) is 4.08. The van der Waals surface area contributed by atoms with E-state index in [0.29, 0.717) is 24.9 Å². The van der Waals surface area contributed by atoms with Crippen molar-refractivity contribution in [1.29, 1.82) is 0 Å². The summed E-state index contributed by atoms with van der Waals surface area (Å²) >= 11 is 0. The molecule has 1 saturated heterocycles. The quantitative estimate of drug-likeness (QED) is 0.907. The number of hydrogen-bond donors (Lipinski definition) is 1. The number of aromatic carboxylic acids is 1. The van der Waals surface area contributed by atoms with Gasteiger partial charge in [0.05, 0.1) is 0 Å². The van der Waals surface area contributed by atoms with Gasteiger partial charge in [-0.3, -0.25) is 0 Å². The molecule has 2 fully saturated rings. The fourth-order valence-corrected chi connectivity index (χ4v) is 4.55. The van der Waals surface area contributed by atoms with Gasteiger partial charge in [-0.25, -0.2) is 13.2 Å². The predicted octanol–water partition coefficient (Wildman–Crippen LogP) is 1.40. The van der Waals surface area contributed by atoms with E-state index in [1.165, 1.54) is 22.9 Å². The summed E-state index contributed by atoms with van der Waals surface area (Å²) in [6.07, 6.45) is 3.33. The molecule has 2 heterocycles. The van der Waals surface area contributed by atoms with Gasteiger partial charge in [-0.2, -0.15) is 4.31 Å². The van der Waals surface area contributed by atoms with Gasteiger partial charge in [-0.05, 0) is 36.8 Å². The summed E-state index contributed by atoms with van der Waals surface area (Å²) in [4.78, 5) is 10.7. The zero-order valence-corrected chi connectivity index (χ0v) is 11.1. The van der Waals surface area contributed by atoms with Crippen LogP contribution in [-0.4, -0.2) is 36.9 Å². The molecule has 1 aromatic heterocycles. The van der Waals surface area contributed by atoms with Crippen molar-refractivity contribution >= 4 is 16.0 Å². The summed E-state index contributed by atoms with van der Waals surface area (Å²) < 4.78 is 31.0. The Balaban J connectivity index is 1.84. The van der Waals surface area contributed by atoms with Crippen molar-refractivity contribution in [1.82, 2.24) is 4.31 Å². The van der Waals surface area contributed by atoms with E-state index < -0.39 is 16.0 Å². The van der Waals surface area contributed by atoms with E-state index in [4.69, 9.17) is 9.52 Å². The van der Waals surface area contributed by atoms with E-state index in [2.05, 4.69) is 0 Å². The largest absolute Gasteiger partial charge is 0.475 e. The molecule has 6 nitrogen and oxygen atoms in total. The van der Waals surface area contributed by atoms with E-state index in [1.54, 1.807) is 0 Å². The molecule has 1 N–H and O–H groups in total. The standard InChI is InChI=1S/C12H15NO5S/c14-12(15)10-4-5-11(18-10)19(16,17)13-6-8-2-1-3-9(8)7-13/h4-5,8-9H,1-3,6-7H2,(H,14,15). The SMILES string of the molecule is O=C(O)c1ccc(S(=O)(=O)N2CC3CCCC3C2)o1. The molecule has 1 aromatic rings. The van der Waals surface area contributed by atoms with Crippen LogP contribution in [0.1, 0.15) is 29.8 Å². The van der Waals surface area contributed by atoms with Crippen molar-refractivity contribution in [2.24, 2.45) is 11.8 Å². The van der Waals surface area contributed by atoms with Gasteiger partial charge in [0.2, 0.25) is 10.9 Å². The van der Waals surface area contributed by atoms with Crippen molar-refractivity contribution in [2.75, 3.05) is 13.1 Å². The van der Waals surface area contributed by atoms with E-state index >= 15 is 0 Å². The first-order valence-electron chi connectivity index (χ1n) is 6.32. The van der Waals surface area contributed by atoms with Crippen molar-refractivity contribution < 1.29 is 22.7 Å². The maximum absolute atomic E-state index is 12.3. The summed E-state index contributed by atoms with van der Waals surface area (Å²) in [7, 11) is -3.69. The first-order chi connectivity index (χ1) is 8.98. The zero-order chi connectivity index (χ0) is 13.6. The predicted molar refractivity (Wildman–Crippen MR) is 65.3 cm³/mol. The molecule has 1 saturated carbocycles. The highest BCUT2D eigenvalue weighted by Gasteiger charge is 2.42. The lowest BCUT2D eigenvalue weighted by Gasteiger charge is -2.15. The lowest BCUT2D eigenvalue weighted by molar-refractivity contribution is 0.0656. The number of hydrogen-bond acceptors (Lipinski definition) is 4. The summed E-state index contributed by atoms with van der Waals surface area (Å²) in [5.74, 6) is -0.718. The highest BCUT2D eigenvalue weighted by molar-refractivity contribution is 7.89. The van der Waals surface area contributed by atoms with Crippen molar-refractivity contribution in [3.8, 4) is 0 Å². The maximum Gasteiger partial charge on any atom is 0.371 e. The molecule has 0 radical (unpaired) electrons. The van der Waals surface area contributed by atoms with Crippen LogP contribution < -0.4 is 0 Å². The van der Waals surface area contributed by atoms with Crippen LogP contribution in [0.4, 0.5) is 0 Å². The molecule has 0 spiro atoms. The Bertz CT molecular complexity index is 593. The van der Waals surface area contributed by atoms with Crippen LogP contribution in [0.25, 0.3) is 0 Å². The second kappa shape index (κ2) is 4.35. The van der Waals surface area contributed by atoms with Crippen LogP contribution in [0.5, 0.6) is 0 Å². The summed E-state index contributed by atoms with van der Waals surface area (Å²) in [6.45, 7) is 1.05. The highest BCUT2D eigenvalue weighted by Crippen LogP contribution is 2.39. The lowest BCUT2D eigenvalue weighted by Crippen LogP contribution is -2.29. The number of rotatable bonds is 3. The minimum atomic E-state index is -3.69. The second-order valence-electron chi connectivity index (χ2n) is 5.20. The van der Waals surface area contributed by atoms with E-state index in [0.717, 1.165) is 12.8 Å². The number of furan rings is 1. The van der Waals surface area contributed by atoms with E-state index in [-0.39, 0.29) is 10.9 Å². The Morgan fingerprint density at radius 3 is 2.42 bits per heavy atom. The molecule has 1 aliphatic heterocycles. The van der Waals surface area contributed by atoms with Gasteiger partial charge >= 0.3 is 5.97 Å². The van der Waals surface area contributed by atoms with Gasteiger partial charge in [0, 0.05) is 13.1 Å². The van der Waals surface area contributed by atoms with Crippen molar-refractivity contribution in [3.63, 3.8) is 0 Å². The Kier molecular flexibility index (Phi) is 2.90. The molecular weight excluding hydrogens is 270 g/mol. The maximum atomic E-state index is 12.3. The highest BCUT2D eigenvalue weighted by atomic mass is 32.2. The zero-order valence-electron chi connectivity index (χ0n) is 10.3. The molecule has 0 aromatic carbocycles. The second-order valence-corrected chi connectivity index (χ2v) is 7.07. The molecule has 2 aliphatic rings. The third-order valence-corrected chi connectivity index (χ3v) is 5.78.